The smallest absolute Gasteiger partial charge is 0.0468 e. The molecule has 50 heavy (non-hydrogen) atoms. The van der Waals surface area contributed by atoms with Crippen LogP contribution in [-0.4, -0.2) is 0 Å². The molecule has 0 amide bonds. The highest BCUT2D eigenvalue weighted by Gasteiger charge is 2.15. The third kappa shape index (κ3) is 6.52. The molecule has 0 atom stereocenters. The second-order valence-corrected chi connectivity index (χ2v) is 12.9. The van der Waals surface area contributed by atoms with Crippen LogP contribution in [0, 0.1) is 13.8 Å². The Morgan fingerprint density at radius 1 is 0.300 bits per heavy atom. The lowest BCUT2D eigenvalue weighted by Crippen LogP contribution is -2.10. The fourth-order valence-electron chi connectivity index (χ4n) is 6.84. The Bertz CT molecular complexity index is 2340. The van der Waals surface area contributed by atoms with Crippen LogP contribution in [0.1, 0.15) is 22.3 Å². The summed E-state index contributed by atoms with van der Waals surface area (Å²) in [5.41, 5.74) is 11.6. The average Bonchev–Trinajstić information content (AvgIpc) is 3.15. The summed E-state index contributed by atoms with van der Waals surface area (Å²) >= 11 is 0. The molecule has 0 radical (unpaired) electrons. The summed E-state index contributed by atoms with van der Waals surface area (Å²) in [4.78, 5) is 4.67. The summed E-state index contributed by atoms with van der Waals surface area (Å²) in [7, 11) is 0. The number of hydrogen-bond acceptors (Lipinski definition) is 2. The Morgan fingerprint density at radius 2 is 0.680 bits per heavy atom. The average molecular weight is 643 g/mol. The van der Waals surface area contributed by atoms with E-state index in [4.69, 9.17) is 0 Å². The fraction of sp³-hybridized carbons (Fsp3) is 0.0417. The fourth-order valence-corrected chi connectivity index (χ4v) is 6.84. The van der Waals surface area contributed by atoms with E-state index in [0.29, 0.717) is 0 Å². The molecule has 0 spiro atoms. The number of hydrogen-bond donors (Lipinski definition) is 0. The largest absolute Gasteiger partial charge is 0.310 e. The van der Waals surface area contributed by atoms with E-state index in [1.807, 2.05) is 0 Å². The zero-order valence-electron chi connectivity index (χ0n) is 28.4. The molecule has 8 aromatic rings. The van der Waals surface area contributed by atoms with Crippen LogP contribution in [0.25, 0.3) is 33.7 Å². The quantitative estimate of drug-likeness (QED) is 0.152. The molecule has 0 aromatic heterocycles. The summed E-state index contributed by atoms with van der Waals surface area (Å²) < 4.78 is 0. The summed E-state index contributed by atoms with van der Waals surface area (Å²) in [5.74, 6) is 0. The lowest BCUT2D eigenvalue weighted by Gasteiger charge is -2.26. The van der Waals surface area contributed by atoms with E-state index in [1.54, 1.807) is 0 Å². The van der Waals surface area contributed by atoms with E-state index < -0.39 is 0 Å². The van der Waals surface area contributed by atoms with E-state index >= 15 is 0 Å². The predicted molar refractivity (Wildman–Crippen MR) is 216 cm³/mol. The van der Waals surface area contributed by atoms with Crippen molar-refractivity contribution in [2.45, 2.75) is 13.8 Å². The molecule has 0 saturated heterocycles. The lowest BCUT2D eigenvalue weighted by molar-refractivity contribution is 1.25. The molecular formula is C48H38N2. The zero-order valence-corrected chi connectivity index (χ0v) is 28.4. The van der Waals surface area contributed by atoms with Gasteiger partial charge in [0.05, 0.1) is 0 Å². The van der Waals surface area contributed by atoms with Gasteiger partial charge in [0.2, 0.25) is 0 Å². The maximum absolute atomic E-state index is 2.35. The molecule has 2 nitrogen and oxygen atoms in total. The first-order valence-corrected chi connectivity index (χ1v) is 17.2. The molecule has 0 bridgehead atoms. The van der Waals surface area contributed by atoms with Crippen LogP contribution >= 0.6 is 0 Å². The second-order valence-electron chi connectivity index (χ2n) is 12.9. The standard InChI is InChI=1S/C48H38N2/c1-35-30-36(2)32-48(31-35)49(43-14-4-3-5-15-43)44-24-18-37(19-25-44)16-17-38-20-26-45(27-21-38)50(46-28-22-39-10-6-8-12-41(39)33-46)47-29-23-40-11-7-9-13-42(40)34-47/h3-34H,1-2H3. The summed E-state index contributed by atoms with van der Waals surface area (Å²) in [5, 5.41) is 4.92. The van der Waals surface area contributed by atoms with Gasteiger partial charge in [-0.3, -0.25) is 0 Å². The van der Waals surface area contributed by atoms with Gasteiger partial charge in [-0.1, -0.05) is 121 Å². The Kier molecular flexibility index (Phi) is 8.42. The minimum atomic E-state index is 1.12. The molecule has 8 rings (SSSR count). The molecule has 240 valence electrons. The molecule has 0 aliphatic carbocycles. The Balaban J connectivity index is 1.08. The number of fused-ring (bicyclic) bond motifs is 2. The van der Waals surface area contributed by atoms with Gasteiger partial charge in [-0.05, 0) is 130 Å². The molecule has 0 aliphatic heterocycles. The van der Waals surface area contributed by atoms with E-state index in [1.165, 1.54) is 38.4 Å². The normalized spacial score (nSPS) is 11.3. The van der Waals surface area contributed by atoms with Gasteiger partial charge >= 0.3 is 0 Å². The SMILES string of the molecule is Cc1cc(C)cc(N(c2ccccc2)c2ccc(C=Cc3ccc(N(c4ccc5ccccc5c4)c4ccc5ccccc5c4)cc3)cc2)c1. The molecule has 2 heteroatoms. The Hall–Kier alpha value is -6.38. The minimum Gasteiger partial charge on any atom is -0.310 e. The number of aryl methyl sites for hydroxylation is 2. The van der Waals surface area contributed by atoms with E-state index in [2.05, 4.69) is 218 Å². The van der Waals surface area contributed by atoms with Crippen LogP contribution in [0.4, 0.5) is 34.1 Å². The highest BCUT2D eigenvalue weighted by atomic mass is 15.1. The second kappa shape index (κ2) is 13.6. The van der Waals surface area contributed by atoms with Gasteiger partial charge in [0, 0.05) is 34.1 Å². The van der Waals surface area contributed by atoms with Gasteiger partial charge in [-0.25, -0.2) is 0 Å². The molecule has 0 N–H and O–H groups in total. The molecule has 0 aliphatic rings. The Morgan fingerprint density at radius 3 is 1.16 bits per heavy atom. The minimum absolute atomic E-state index is 1.12. The van der Waals surface area contributed by atoms with Gasteiger partial charge in [0.15, 0.2) is 0 Å². The number of nitrogens with zero attached hydrogens (tertiary/aromatic N) is 2. The highest BCUT2D eigenvalue weighted by molar-refractivity contribution is 5.92. The monoisotopic (exact) mass is 642 g/mol. The zero-order chi connectivity index (χ0) is 33.9. The van der Waals surface area contributed by atoms with Gasteiger partial charge in [0.1, 0.15) is 0 Å². The number of para-hydroxylation sites is 1. The third-order valence-electron chi connectivity index (χ3n) is 9.23. The van der Waals surface area contributed by atoms with Crippen molar-refractivity contribution in [3.63, 3.8) is 0 Å². The maximum atomic E-state index is 2.35. The van der Waals surface area contributed by atoms with Crippen LogP contribution in [0.15, 0.2) is 182 Å². The lowest BCUT2D eigenvalue weighted by atomic mass is 10.1. The van der Waals surface area contributed by atoms with E-state index in [0.717, 1.165) is 39.6 Å². The van der Waals surface area contributed by atoms with Gasteiger partial charge in [-0.15, -0.1) is 0 Å². The first-order valence-electron chi connectivity index (χ1n) is 17.2. The van der Waals surface area contributed by atoms with Crippen LogP contribution < -0.4 is 9.80 Å². The predicted octanol–water partition coefficient (Wildman–Crippen LogP) is 13.7. The van der Waals surface area contributed by atoms with Crippen molar-refractivity contribution in [2.75, 3.05) is 9.80 Å². The van der Waals surface area contributed by atoms with Gasteiger partial charge in [-0.2, -0.15) is 0 Å². The molecule has 0 unspecified atom stereocenters. The maximum Gasteiger partial charge on any atom is 0.0468 e. The van der Waals surface area contributed by atoms with E-state index in [-0.39, 0.29) is 0 Å². The van der Waals surface area contributed by atoms with Crippen molar-refractivity contribution in [2.24, 2.45) is 0 Å². The van der Waals surface area contributed by atoms with Crippen molar-refractivity contribution in [3.8, 4) is 0 Å². The van der Waals surface area contributed by atoms with Crippen LogP contribution in [0.2, 0.25) is 0 Å². The molecule has 8 aromatic carbocycles. The molecular weight excluding hydrogens is 605 g/mol. The first kappa shape index (κ1) is 30.9. The number of rotatable bonds is 8. The van der Waals surface area contributed by atoms with Crippen LogP contribution in [-0.2, 0) is 0 Å². The summed E-state index contributed by atoms with van der Waals surface area (Å²) in [6.07, 6.45) is 4.38. The molecule has 0 saturated carbocycles. The van der Waals surface area contributed by atoms with E-state index in [9.17, 15) is 0 Å². The van der Waals surface area contributed by atoms with Gasteiger partial charge < -0.3 is 9.80 Å². The third-order valence-corrected chi connectivity index (χ3v) is 9.23. The van der Waals surface area contributed by atoms with Crippen molar-refractivity contribution >= 4 is 67.8 Å². The van der Waals surface area contributed by atoms with Crippen molar-refractivity contribution in [3.05, 3.63) is 204 Å². The van der Waals surface area contributed by atoms with Crippen molar-refractivity contribution in [1.29, 1.82) is 0 Å². The molecule has 0 fully saturated rings. The first-order chi connectivity index (χ1) is 24.6. The van der Waals surface area contributed by atoms with Gasteiger partial charge in [0.25, 0.3) is 0 Å². The topological polar surface area (TPSA) is 6.48 Å². The Labute approximate surface area is 294 Å². The number of benzene rings is 8. The van der Waals surface area contributed by atoms with Crippen LogP contribution in [0.5, 0.6) is 0 Å². The summed E-state index contributed by atoms with van der Waals surface area (Å²) in [6, 6.07) is 65.4. The summed E-state index contributed by atoms with van der Waals surface area (Å²) in [6.45, 7) is 4.31. The molecule has 0 heterocycles. The number of anilines is 6. The van der Waals surface area contributed by atoms with Crippen molar-refractivity contribution in [1.82, 2.24) is 0 Å². The van der Waals surface area contributed by atoms with Crippen molar-refractivity contribution < 1.29 is 0 Å². The van der Waals surface area contributed by atoms with Crippen LogP contribution in [0.3, 0.4) is 0 Å². The highest BCUT2D eigenvalue weighted by Crippen LogP contribution is 2.38.